The van der Waals surface area contributed by atoms with Crippen molar-refractivity contribution in [1.29, 1.82) is 0 Å². The first-order valence-corrected chi connectivity index (χ1v) is 7.66. The first-order valence-electron chi connectivity index (χ1n) is 7.66. The molecule has 3 aromatic heterocycles. The molecule has 4 heterocycles. The molecule has 0 aromatic carbocycles. The lowest BCUT2D eigenvalue weighted by Crippen LogP contribution is -2.19. The van der Waals surface area contributed by atoms with Crippen LogP contribution in [0.1, 0.15) is 12.8 Å². The lowest BCUT2D eigenvalue weighted by atomic mass is 10.1. The van der Waals surface area contributed by atoms with Crippen molar-refractivity contribution in [3.05, 3.63) is 24.7 Å². The van der Waals surface area contributed by atoms with Gasteiger partial charge in [-0.2, -0.15) is 0 Å². The molecule has 0 spiro atoms. The molecule has 3 N–H and O–H groups in total. The van der Waals surface area contributed by atoms with Gasteiger partial charge in [0.15, 0.2) is 5.75 Å². The number of pyridine rings is 1. The number of hydrogen-bond donors (Lipinski definition) is 2. The summed E-state index contributed by atoms with van der Waals surface area (Å²) in [5.74, 6) is 1.04. The lowest BCUT2D eigenvalue weighted by molar-refractivity contribution is 0.414. The molecule has 23 heavy (non-hydrogen) atoms. The van der Waals surface area contributed by atoms with E-state index in [0.717, 1.165) is 46.8 Å². The monoisotopic (exact) mass is 310 g/mol. The van der Waals surface area contributed by atoms with Crippen LogP contribution in [0.3, 0.4) is 0 Å². The normalized spacial score (nSPS) is 14.6. The van der Waals surface area contributed by atoms with Gasteiger partial charge < -0.3 is 20.4 Å². The van der Waals surface area contributed by atoms with Crippen LogP contribution in [0.5, 0.6) is 5.75 Å². The number of nitrogens with one attached hydrogen (secondary N) is 1. The summed E-state index contributed by atoms with van der Waals surface area (Å²) in [6.45, 7) is 2.04. The smallest absolute Gasteiger partial charge is 0.220 e. The van der Waals surface area contributed by atoms with Crippen molar-refractivity contribution in [2.24, 2.45) is 0 Å². The van der Waals surface area contributed by atoms with Crippen molar-refractivity contribution in [2.45, 2.75) is 12.8 Å². The van der Waals surface area contributed by atoms with Crippen molar-refractivity contribution in [3.8, 4) is 17.0 Å². The number of fused-ring (bicyclic) bond motifs is 1. The van der Waals surface area contributed by atoms with Crippen LogP contribution in [0.25, 0.3) is 22.3 Å². The molecule has 0 amide bonds. The molecule has 4 rings (SSSR count). The maximum absolute atomic E-state index is 5.74. The van der Waals surface area contributed by atoms with E-state index in [0.29, 0.717) is 0 Å². The Kier molecular flexibility index (Phi) is 3.25. The Bertz CT molecular complexity index is 853. The molecule has 1 aliphatic heterocycles. The number of methoxy groups -OCH3 is 1. The second-order valence-electron chi connectivity index (χ2n) is 5.60. The van der Waals surface area contributed by atoms with Crippen LogP contribution >= 0.6 is 0 Å². The van der Waals surface area contributed by atoms with Gasteiger partial charge in [-0.05, 0) is 18.9 Å². The van der Waals surface area contributed by atoms with Gasteiger partial charge in [0.25, 0.3) is 0 Å². The molecule has 1 aliphatic rings. The van der Waals surface area contributed by atoms with E-state index in [-0.39, 0.29) is 5.95 Å². The minimum absolute atomic E-state index is 0.260. The summed E-state index contributed by atoms with van der Waals surface area (Å²) in [7, 11) is 1.68. The predicted molar refractivity (Wildman–Crippen MR) is 89.5 cm³/mol. The van der Waals surface area contributed by atoms with Crippen molar-refractivity contribution in [1.82, 2.24) is 19.9 Å². The van der Waals surface area contributed by atoms with E-state index in [1.165, 1.54) is 12.8 Å². The van der Waals surface area contributed by atoms with Gasteiger partial charge in [-0.3, -0.25) is 0 Å². The van der Waals surface area contributed by atoms with E-state index >= 15 is 0 Å². The molecular formula is C16H18N6O. The SMILES string of the molecule is COc1cnc2[nH]cc(-c3ccnc(N)n3)c2c1N1CCCC1. The summed E-state index contributed by atoms with van der Waals surface area (Å²) in [5.41, 5.74) is 9.37. The van der Waals surface area contributed by atoms with Crippen LogP contribution in [0.15, 0.2) is 24.7 Å². The molecule has 0 radical (unpaired) electrons. The third-order valence-electron chi connectivity index (χ3n) is 4.23. The Morgan fingerprint density at radius 2 is 2.09 bits per heavy atom. The average Bonchev–Trinajstić information content (AvgIpc) is 3.23. The molecule has 1 saturated heterocycles. The standard InChI is InChI=1S/C16H18N6O/c1-23-12-9-20-15-13(14(12)22-6-2-3-7-22)10(8-19-15)11-4-5-18-16(17)21-11/h4-5,8-9H,2-3,6-7H2,1H3,(H,19,20)(H2,17,18,21). The van der Waals surface area contributed by atoms with Crippen LogP contribution in [0.4, 0.5) is 11.6 Å². The number of nitrogens with two attached hydrogens (primary N) is 1. The Morgan fingerprint density at radius 1 is 1.26 bits per heavy atom. The van der Waals surface area contributed by atoms with Crippen molar-refractivity contribution in [3.63, 3.8) is 0 Å². The topological polar surface area (TPSA) is 92.9 Å². The van der Waals surface area contributed by atoms with Crippen LogP contribution in [0.2, 0.25) is 0 Å². The van der Waals surface area contributed by atoms with E-state index in [1.54, 1.807) is 19.5 Å². The summed E-state index contributed by atoms with van der Waals surface area (Å²) >= 11 is 0. The van der Waals surface area contributed by atoms with Crippen molar-refractivity contribution >= 4 is 22.7 Å². The number of hydrogen-bond acceptors (Lipinski definition) is 6. The molecule has 7 nitrogen and oxygen atoms in total. The number of ether oxygens (including phenoxy) is 1. The summed E-state index contributed by atoms with van der Waals surface area (Å²) in [4.78, 5) is 18.4. The zero-order valence-electron chi connectivity index (χ0n) is 12.9. The third-order valence-corrected chi connectivity index (χ3v) is 4.23. The molecule has 7 heteroatoms. The zero-order chi connectivity index (χ0) is 15.8. The largest absolute Gasteiger partial charge is 0.493 e. The minimum Gasteiger partial charge on any atom is -0.493 e. The summed E-state index contributed by atoms with van der Waals surface area (Å²) in [6.07, 6.45) is 7.73. The van der Waals surface area contributed by atoms with Gasteiger partial charge in [0.05, 0.1) is 30.1 Å². The van der Waals surface area contributed by atoms with Crippen molar-refractivity contribution in [2.75, 3.05) is 30.8 Å². The number of rotatable bonds is 3. The van der Waals surface area contributed by atoms with Gasteiger partial charge in [-0.25, -0.2) is 15.0 Å². The number of anilines is 2. The summed E-state index contributed by atoms with van der Waals surface area (Å²) in [5, 5.41) is 1.02. The Hall–Kier alpha value is -2.83. The van der Waals surface area contributed by atoms with Crippen LogP contribution < -0.4 is 15.4 Å². The van der Waals surface area contributed by atoms with E-state index in [2.05, 4.69) is 24.8 Å². The first-order chi connectivity index (χ1) is 11.3. The van der Waals surface area contributed by atoms with Gasteiger partial charge in [-0.15, -0.1) is 0 Å². The maximum atomic E-state index is 5.74. The number of nitrogen functional groups attached to an aromatic ring is 1. The highest BCUT2D eigenvalue weighted by atomic mass is 16.5. The molecule has 118 valence electrons. The molecule has 0 atom stereocenters. The number of H-pyrrole nitrogens is 1. The van der Waals surface area contributed by atoms with Gasteiger partial charge in [0, 0.05) is 31.0 Å². The summed E-state index contributed by atoms with van der Waals surface area (Å²) in [6, 6.07) is 1.85. The third kappa shape index (κ3) is 2.25. The van der Waals surface area contributed by atoms with Crippen LogP contribution in [-0.4, -0.2) is 40.1 Å². The maximum Gasteiger partial charge on any atom is 0.220 e. The molecular weight excluding hydrogens is 292 g/mol. The average molecular weight is 310 g/mol. The number of nitrogens with zero attached hydrogens (tertiary/aromatic N) is 4. The molecule has 0 saturated carbocycles. The van der Waals surface area contributed by atoms with Gasteiger partial charge in [0.1, 0.15) is 5.65 Å². The highest BCUT2D eigenvalue weighted by Crippen LogP contribution is 2.41. The Balaban J connectivity index is 1.99. The van der Waals surface area contributed by atoms with Crippen LogP contribution in [-0.2, 0) is 0 Å². The molecule has 0 unspecified atom stereocenters. The van der Waals surface area contributed by atoms with E-state index in [4.69, 9.17) is 10.5 Å². The molecule has 0 bridgehead atoms. The minimum atomic E-state index is 0.260. The number of aromatic nitrogens is 4. The van der Waals surface area contributed by atoms with E-state index in [1.807, 2.05) is 12.3 Å². The highest BCUT2D eigenvalue weighted by molar-refractivity contribution is 6.04. The van der Waals surface area contributed by atoms with Crippen molar-refractivity contribution < 1.29 is 4.74 Å². The summed E-state index contributed by atoms with van der Waals surface area (Å²) < 4.78 is 5.57. The number of aromatic amines is 1. The quantitative estimate of drug-likeness (QED) is 0.770. The first kappa shape index (κ1) is 13.8. The molecule has 3 aromatic rings. The van der Waals surface area contributed by atoms with E-state index in [9.17, 15) is 0 Å². The van der Waals surface area contributed by atoms with Gasteiger partial charge in [-0.1, -0.05) is 0 Å². The molecule has 1 fully saturated rings. The Morgan fingerprint density at radius 3 is 2.83 bits per heavy atom. The molecule has 0 aliphatic carbocycles. The fourth-order valence-electron chi connectivity index (χ4n) is 3.19. The van der Waals surface area contributed by atoms with E-state index < -0.39 is 0 Å². The fourth-order valence-corrected chi connectivity index (χ4v) is 3.19. The second kappa shape index (κ2) is 5.42. The lowest BCUT2D eigenvalue weighted by Gasteiger charge is -2.21. The van der Waals surface area contributed by atoms with Gasteiger partial charge >= 0.3 is 0 Å². The second-order valence-corrected chi connectivity index (χ2v) is 5.60. The van der Waals surface area contributed by atoms with Crippen LogP contribution in [0, 0.1) is 0 Å². The van der Waals surface area contributed by atoms with Gasteiger partial charge in [0.2, 0.25) is 5.95 Å². The fraction of sp³-hybridized carbons (Fsp3) is 0.312. The predicted octanol–water partition coefficient (Wildman–Crippen LogP) is 2.21. The Labute approximate surface area is 133 Å². The zero-order valence-corrected chi connectivity index (χ0v) is 12.9. The highest BCUT2D eigenvalue weighted by Gasteiger charge is 2.23.